The number of hydrogen-bond acceptors (Lipinski definition) is 6. The summed E-state index contributed by atoms with van der Waals surface area (Å²) in [6, 6.07) is 0. The Labute approximate surface area is 131 Å². The van der Waals surface area contributed by atoms with Gasteiger partial charge in [-0.05, 0) is 34.1 Å². The first-order chi connectivity index (χ1) is 10.3. The minimum Gasteiger partial charge on any atom is -0.466 e. The molecule has 7 nitrogen and oxygen atoms in total. The lowest BCUT2D eigenvalue weighted by molar-refractivity contribution is -0.164. The van der Waals surface area contributed by atoms with E-state index in [-0.39, 0.29) is 19.3 Å². The van der Waals surface area contributed by atoms with Crippen LogP contribution in [-0.2, 0) is 23.7 Å². The molecule has 1 fully saturated rings. The summed E-state index contributed by atoms with van der Waals surface area (Å²) in [6.07, 6.45) is -0.381. The largest absolute Gasteiger partial charge is 0.466 e. The Bertz CT molecular complexity index is 379. The Morgan fingerprint density at radius 2 is 1.95 bits per heavy atom. The van der Waals surface area contributed by atoms with Crippen molar-refractivity contribution in [3.63, 3.8) is 0 Å². The van der Waals surface area contributed by atoms with Crippen LogP contribution in [0.5, 0.6) is 0 Å². The van der Waals surface area contributed by atoms with Crippen LogP contribution < -0.4 is 0 Å². The van der Waals surface area contributed by atoms with Crippen LogP contribution in [0.15, 0.2) is 0 Å². The molecule has 0 unspecified atom stereocenters. The van der Waals surface area contributed by atoms with E-state index in [1.54, 1.807) is 11.8 Å². The van der Waals surface area contributed by atoms with Gasteiger partial charge in [0.1, 0.15) is 12.4 Å². The van der Waals surface area contributed by atoms with Gasteiger partial charge in [0.2, 0.25) is 0 Å². The van der Waals surface area contributed by atoms with Crippen molar-refractivity contribution in [2.24, 2.45) is 5.92 Å². The monoisotopic (exact) mass is 317 g/mol. The Morgan fingerprint density at radius 3 is 2.50 bits per heavy atom. The number of carbonyl (C=O) groups excluding carboxylic acids is 2. The second-order valence-corrected chi connectivity index (χ2v) is 6.19. The van der Waals surface area contributed by atoms with E-state index in [2.05, 4.69) is 0 Å². The summed E-state index contributed by atoms with van der Waals surface area (Å²) in [5, 5.41) is 0. The molecular formula is C15H27NO6. The SMILES string of the molecule is CCOC(=O)[C@H]1CCN(C(=O)OC(C)(C)C)C[C@H]1OCOC. The Morgan fingerprint density at radius 1 is 1.27 bits per heavy atom. The van der Waals surface area contributed by atoms with Crippen molar-refractivity contribution in [2.75, 3.05) is 33.6 Å². The van der Waals surface area contributed by atoms with E-state index in [0.29, 0.717) is 19.6 Å². The van der Waals surface area contributed by atoms with Gasteiger partial charge < -0.3 is 23.8 Å². The molecule has 1 amide bonds. The highest BCUT2D eigenvalue weighted by Gasteiger charge is 2.38. The molecule has 0 aromatic carbocycles. The number of ether oxygens (including phenoxy) is 4. The Balaban J connectivity index is 2.70. The van der Waals surface area contributed by atoms with E-state index in [1.807, 2.05) is 20.8 Å². The highest BCUT2D eigenvalue weighted by atomic mass is 16.7. The maximum Gasteiger partial charge on any atom is 0.410 e. The van der Waals surface area contributed by atoms with Crippen LogP contribution in [0.3, 0.4) is 0 Å². The normalized spacial score (nSPS) is 22.3. The molecule has 2 atom stereocenters. The maximum absolute atomic E-state index is 12.1. The smallest absolute Gasteiger partial charge is 0.410 e. The van der Waals surface area contributed by atoms with Crippen molar-refractivity contribution in [3.05, 3.63) is 0 Å². The first-order valence-electron chi connectivity index (χ1n) is 7.53. The Kier molecular flexibility index (Phi) is 7.09. The van der Waals surface area contributed by atoms with Crippen molar-refractivity contribution in [3.8, 4) is 0 Å². The fourth-order valence-corrected chi connectivity index (χ4v) is 2.25. The summed E-state index contributed by atoms with van der Waals surface area (Å²) in [5.74, 6) is -0.693. The topological polar surface area (TPSA) is 74.3 Å². The van der Waals surface area contributed by atoms with Gasteiger partial charge in [-0.2, -0.15) is 0 Å². The van der Waals surface area contributed by atoms with Crippen molar-refractivity contribution in [1.29, 1.82) is 0 Å². The van der Waals surface area contributed by atoms with Gasteiger partial charge in [-0.25, -0.2) is 4.79 Å². The Hall–Kier alpha value is -1.34. The molecule has 0 radical (unpaired) electrons. The summed E-state index contributed by atoms with van der Waals surface area (Å²) in [4.78, 5) is 25.7. The highest BCUT2D eigenvalue weighted by molar-refractivity contribution is 5.74. The van der Waals surface area contributed by atoms with Crippen LogP contribution in [0, 0.1) is 5.92 Å². The molecule has 1 aliphatic heterocycles. The van der Waals surface area contributed by atoms with Crippen molar-refractivity contribution < 1.29 is 28.5 Å². The van der Waals surface area contributed by atoms with Gasteiger partial charge in [-0.15, -0.1) is 0 Å². The third-order valence-electron chi connectivity index (χ3n) is 3.20. The van der Waals surface area contributed by atoms with Gasteiger partial charge in [-0.3, -0.25) is 4.79 Å². The van der Waals surface area contributed by atoms with Gasteiger partial charge in [0, 0.05) is 13.7 Å². The van der Waals surface area contributed by atoms with E-state index < -0.39 is 23.7 Å². The highest BCUT2D eigenvalue weighted by Crippen LogP contribution is 2.23. The van der Waals surface area contributed by atoms with Crippen LogP contribution in [0.1, 0.15) is 34.1 Å². The molecule has 0 bridgehead atoms. The summed E-state index contributed by atoms with van der Waals surface area (Å²) in [7, 11) is 1.51. The minimum absolute atomic E-state index is 0.0583. The molecule has 0 spiro atoms. The zero-order valence-electron chi connectivity index (χ0n) is 14.1. The summed E-state index contributed by atoms with van der Waals surface area (Å²) < 4.78 is 20.9. The number of hydrogen-bond donors (Lipinski definition) is 0. The first kappa shape index (κ1) is 18.7. The zero-order valence-corrected chi connectivity index (χ0v) is 14.1. The van der Waals surface area contributed by atoms with Gasteiger partial charge in [0.05, 0.1) is 25.2 Å². The summed E-state index contributed by atoms with van der Waals surface area (Å²) >= 11 is 0. The zero-order chi connectivity index (χ0) is 16.8. The number of piperidine rings is 1. The van der Waals surface area contributed by atoms with E-state index in [1.165, 1.54) is 7.11 Å². The predicted octanol–water partition coefficient (Wildman–Crippen LogP) is 1.80. The molecule has 1 rings (SSSR count). The number of methoxy groups -OCH3 is 1. The van der Waals surface area contributed by atoms with E-state index in [9.17, 15) is 9.59 Å². The number of carbonyl (C=O) groups is 2. The second-order valence-electron chi connectivity index (χ2n) is 6.19. The van der Waals surface area contributed by atoms with E-state index in [4.69, 9.17) is 18.9 Å². The lowest BCUT2D eigenvalue weighted by Crippen LogP contribution is -2.51. The molecule has 0 aromatic heterocycles. The average Bonchev–Trinajstić information content (AvgIpc) is 2.43. The third kappa shape index (κ3) is 5.81. The summed E-state index contributed by atoms with van der Waals surface area (Å²) in [6.45, 7) is 8.30. The third-order valence-corrected chi connectivity index (χ3v) is 3.20. The summed E-state index contributed by atoms with van der Waals surface area (Å²) in [5.41, 5.74) is -0.558. The molecule has 128 valence electrons. The number of esters is 1. The molecular weight excluding hydrogens is 290 g/mol. The fraction of sp³-hybridized carbons (Fsp3) is 0.867. The van der Waals surface area contributed by atoms with Gasteiger partial charge in [-0.1, -0.05) is 0 Å². The molecule has 0 aromatic rings. The van der Waals surface area contributed by atoms with Crippen molar-refractivity contribution in [2.45, 2.75) is 45.8 Å². The molecule has 0 saturated carbocycles. The molecule has 0 N–H and O–H groups in total. The molecule has 1 saturated heterocycles. The number of rotatable bonds is 5. The molecule has 1 heterocycles. The number of amides is 1. The molecule has 0 aliphatic carbocycles. The molecule has 7 heteroatoms. The molecule has 22 heavy (non-hydrogen) atoms. The standard InChI is InChI=1S/C15H27NO6/c1-6-20-13(17)11-7-8-16(9-12(11)21-10-19-5)14(18)22-15(2,3)4/h11-12H,6-10H2,1-5H3/t11-,12+/m0/s1. The van der Waals surface area contributed by atoms with Crippen LogP contribution in [0.2, 0.25) is 0 Å². The van der Waals surface area contributed by atoms with Gasteiger partial charge >= 0.3 is 12.1 Å². The quantitative estimate of drug-likeness (QED) is 0.568. The predicted molar refractivity (Wildman–Crippen MR) is 79.3 cm³/mol. The van der Waals surface area contributed by atoms with Gasteiger partial charge in [0.25, 0.3) is 0 Å². The fourth-order valence-electron chi connectivity index (χ4n) is 2.25. The lowest BCUT2D eigenvalue weighted by Gasteiger charge is -2.37. The number of nitrogens with zero attached hydrogens (tertiary/aromatic N) is 1. The maximum atomic E-state index is 12.1. The lowest BCUT2D eigenvalue weighted by atomic mass is 9.94. The molecule has 1 aliphatic rings. The van der Waals surface area contributed by atoms with Crippen LogP contribution in [-0.4, -0.2) is 62.3 Å². The van der Waals surface area contributed by atoms with Crippen molar-refractivity contribution in [1.82, 2.24) is 4.90 Å². The number of likely N-dealkylation sites (tertiary alicyclic amines) is 1. The van der Waals surface area contributed by atoms with Crippen LogP contribution in [0.4, 0.5) is 4.79 Å². The van der Waals surface area contributed by atoms with Gasteiger partial charge in [0.15, 0.2) is 0 Å². The van der Waals surface area contributed by atoms with Crippen LogP contribution >= 0.6 is 0 Å². The van der Waals surface area contributed by atoms with E-state index in [0.717, 1.165) is 0 Å². The van der Waals surface area contributed by atoms with Crippen molar-refractivity contribution >= 4 is 12.1 Å². The average molecular weight is 317 g/mol. The first-order valence-corrected chi connectivity index (χ1v) is 7.53. The van der Waals surface area contributed by atoms with E-state index >= 15 is 0 Å². The van der Waals surface area contributed by atoms with Crippen LogP contribution in [0.25, 0.3) is 0 Å². The minimum atomic E-state index is -0.558. The second kappa shape index (κ2) is 8.33.